The first-order chi connectivity index (χ1) is 13.8. The van der Waals surface area contributed by atoms with Crippen molar-refractivity contribution in [3.05, 3.63) is 46.9 Å². The van der Waals surface area contributed by atoms with Gasteiger partial charge in [0.05, 0.1) is 29.1 Å². The van der Waals surface area contributed by atoms with Gasteiger partial charge in [0.15, 0.2) is 5.65 Å². The summed E-state index contributed by atoms with van der Waals surface area (Å²) in [4.78, 5) is 11.1. The molecule has 8 heteroatoms. The van der Waals surface area contributed by atoms with Crippen LogP contribution in [0.5, 0.6) is 5.88 Å². The summed E-state index contributed by atoms with van der Waals surface area (Å²) in [5.41, 5.74) is 2.26. The molecule has 1 saturated heterocycles. The van der Waals surface area contributed by atoms with Crippen molar-refractivity contribution in [2.45, 2.75) is 32.6 Å². The normalized spacial score (nSPS) is 16.9. The number of ether oxygens (including phenoxy) is 1. The molecule has 4 heterocycles. The van der Waals surface area contributed by atoms with Gasteiger partial charge in [0.2, 0.25) is 5.88 Å². The van der Waals surface area contributed by atoms with E-state index in [9.17, 15) is 0 Å². The molecule has 3 aromatic heterocycles. The molecule has 29 heavy (non-hydrogen) atoms. The van der Waals surface area contributed by atoms with E-state index in [0.717, 1.165) is 36.7 Å². The van der Waals surface area contributed by atoms with Gasteiger partial charge < -0.3 is 9.64 Å². The van der Waals surface area contributed by atoms with Crippen LogP contribution in [0.2, 0.25) is 5.02 Å². The summed E-state index contributed by atoms with van der Waals surface area (Å²) >= 11 is 6.29. The summed E-state index contributed by atoms with van der Waals surface area (Å²) in [6, 6.07) is 7.50. The van der Waals surface area contributed by atoms with Crippen LogP contribution in [0.3, 0.4) is 0 Å². The van der Waals surface area contributed by atoms with E-state index in [2.05, 4.69) is 46.8 Å². The van der Waals surface area contributed by atoms with Gasteiger partial charge in [0, 0.05) is 36.7 Å². The highest BCUT2D eigenvalue weighted by atomic mass is 35.5. The minimum atomic E-state index is -0.0250. The molecule has 1 unspecified atom stereocenters. The fourth-order valence-electron chi connectivity index (χ4n) is 3.39. The maximum Gasteiger partial charge on any atom is 0.231 e. The number of hydrogen-bond acceptors (Lipinski definition) is 6. The first kappa shape index (κ1) is 19.5. The molecule has 0 radical (unpaired) electrons. The SMILES string of the molecule is CC(C)(C)c1cn2nc(OCC3CCN(c4ncc(C#N)cc4Cl)C3)ccc2n1. The van der Waals surface area contributed by atoms with Crippen molar-refractivity contribution < 1.29 is 4.74 Å². The topological polar surface area (TPSA) is 79.3 Å². The van der Waals surface area contributed by atoms with Gasteiger partial charge in [0.25, 0.3) is 0 Å². The smallest absolute Gasteiger partial charge is 0.231 e. The Bertz CT molecular complexity index is 1080. The predicted molar refractivity (Wildman–Crippen MR) is 111 cm³/mol. The zero-order valence-electron chi connectivity index (χ0n) is 16.8. The number of halogens is 1. The number of hydrogen-bond donors (Lipinski definition) is 0. The zero-order chi connectivity index (χ0) is 20.6. The molecule has 0 aliphatic carbocycles. The molecule has 1 aliphatic rings. The molecule has 0 spiro atoms. The number of pyridine rings is 1. The first-order valence-electron chi connectivity index (χ1n) is 9.64. The summed E-state index contributed by atoms with van der Waals surface area (Å²) in [7, 11) is 0. The average Bonchev–Trinajstić information content (AvgIpc) is 3.32. The Balaban J connectivity index is 1.39. The van der Waals surface area contributed by atoms with Gasteiger partial charge >= 0.3 is 0 Å². The van der Waals surface area contributed by atoms with Crippen LogP contribution in [0.25, 0.3) is 5.65 Å². The van der Waals surface area contributed by atoms with Gasteiger partial charge in [-0.3, -0.25) is 0 Å². The number of imidazole rings is 1. The molecular formula is C21H23ClN6O. The van der Waals surface area contributed by atoms with Crippen LogP contribution >= 0.6 is 11.6 Å². The molecule has 3 aromatic rings. The van der Waals surface area contributed by atoms with Crippen molar-refractivity contribution in [1.82, 2.24) is 19.6 Å². The van der Waals surface area contributed by atoms with Gasteiger partial charge in [-0.05, 0) is 18.6 Å². The van der Waals surface area contributed by atoms with Crippen molar-refractivity contribution >= 4 is 23.1 Å². The monoisotopic (exact) mass is 410 g/mol. The van der Waals surface area contributed by atoms with E-state index in [0.29, 0.717) is 29.0 Å². The minimum absolute atomic E-state index is 0.0250. The minimum Gasteiger partial charge on any atom is -0.476 e. The quantitative estimate of drug-likeness (QED) is 0.649. The van der Waals surface area contributed by atoms with E-state index < -0.39 is 0 Å². The van der Waals surface area contributed by atoms with Crippen LogP contribution in [0, 0.1) is 17.2 Å². The van der Waals surface area contributed by atoms with Crippen LogP contribution in [-0.2, 0) is 5.41 Å². The molecule has 1 aliphatic heterocycles. The molecule has 7 nitrogen and oxygen atoms in total. The molecule has 0 saturated carbocycles. The first-order valence-corrected chi connectivity index (χ1v) is 10.0. The number of rotatable bonds is 4. The lowest BCUT2D eigenvalue weighted by atomic mass is 9.93. The van der Waals surface area contributed by atoms with Gasteiger partial charge in [-0.25, -0.2) is 14.5 Å². The lowest BCUT2D eigenvalue weighted by Gasteiger charge is -2.18. The largest absolute Gasteiger partial charge is 0.476 e. The van der Waals surface area contributed by atoms with E-state index in [1.54, 1.807) is 16.8 Å². The van der Waals surface area contributed by atoms with Crippen molar-refractivity contribution in [3.63, 3.8) is 0 Å². The number of fused-ring (bicyclic) bond motifs is 1. The number of nitrogens with zero attached hydrogens (tertiary/aromatic N) is 6. The van der Waals surface area contributed by atoms with Gasteiger partial charge in [-0.1, -0.05) is 32.4 Å². The standard InChI is InChI=1S/C21H23ClN6O/c1-21(2,3)17-12-28-18(25-17)4-5-19(26-28)29-13-14-6-7-27(11-14)20-16(22)8-15(9-23)10-24-20/h4-5,8,10,12,14H,6-7,11,13H2,1-3H3. The molecule has 150 valence electrons. The summed E-state index contributed by atoms with van der Waals surface area (Å²) in [6.45, 7) is 8.63. The molecule has 0 bridgehead atoms. The second-order valence-electron chi connectivity index (χ2n) is 8.40. The fraction of sp³-hybridized carbons (Fsp3) is 0.429. The average molecular weight is 411 g/mol. The van der Waals surface area contributed by atoms with Crippen molar-refractivity contribution in [3.8, 4) is 11.9 Å². The molecule has 1 fully saturated rings. The third kappa shape index (κ3) is 4.13. The van der Waals surface area contributed by atoms with Crippen molar-refractivity contribution in [1.29, 1.82) is 5.26 Å². The summed E-state index contributed by atoms with van der Waals surface area (Å²) < 4.78 is 7.74. The van der Waals surface area contributed by atoms with Crippen molar-refractivity contribution in [2.75, 3.05) is 24.6 Å². The van der Waals surface area contributed by atoms with Crippen LogP contribution in [0.1, 0.15) is 38.4 Å². The number of nitriles is 1. The molecule has 0 amide bonds. The third-order valence-corrected chi connectivity index (χ3v) is 5.35. The Kier molecular flexibility index (Phi) is 5.05. The summed E-state index contributed by atoms with van der Waals surface area (Å²) in [6.07, 6.45) is 4.50. The van der Waals surface area contributed by atoms with E-state index in [1.807, 2.05) is 18.3 Å². The predicted octanol–water partition coefficient (Wildman–Crippen LogP) is 3.85. The van der Waals surface area contributed by atoms with Crippen LogP contribution < -0.4 is 9.64 Å². The van der Waals surface area contributed by atoms with Crippen LogP contribution in [0.4, 0.5) is 5.82 Å². The van der Waals surface area contributed by atoms with Crippen LogP contribution in [0.15, 0.2) is 30.6 Å². The number of anilines is 1. The Hall–Kier alpha value is -2.85. The Morgan fingerprint density at radius 2 is 2.17 bits per heavy atom. The second kappa shape index (κ2) is 7.53. The van der Waals surface area contributed by atoms with E-state index >= 15 is 0 Å². The van der Waals surface area contributed by atoms with Gasteiger partial charge in [-0.2, -0.15) is 5.26 Å². The maximum atomic E-state index is 8.96. The Labute approximate surface area is 174 Å². The zero-order valence-corrected chi connectivity index (χ0v) is 17.5. The van der Waals surface area contributed by atoms with Gasteiger partial charge in [0.1, 0.15) is 11.9 Å². The highest BCUT2D eigenvalue weighted by molar-refractivity contribution is 6.33. The number of aromatic nitrogens is 4. The Morgan fingerprint density at radius 1 is 1.34 bits per heavy atom. The van der Waals surface area contributed by atoms with E-state index in [4.69, 9.17) is 21.6 Å². The fourth-order valence-corrected chi connectivity index (χ4v) is 3.68. The molecule has 0 aromatic carbocycles. The summed E-state index contributed by atoms with van der Waals surface area (Å²) in [5.74, 6) is 1.66. The Morgan fingerprint density at radius 3 is 2.90 bits per heavy atom. The van der Waals surface area contributed by atoms with E-state index in [1.165, 1.54) is 0 Å². The lowest BCUT2D eigenvalue weighted by molar-refractivity contribution is 0.249. The third-order valence-electron chi connectivity index (χ3n) is 5.07. The maximum absolute atomic E-state index is 8.96. The summed E-state index contributed by atoms with van der Waals surface area (Å²) in [5, 5.41) is 14.0. The van der Waals surface area contributed by atoms with E-state index in [-0.39, 0.29) is 5.41 Å². The molecular weight excluding hydrogens is 388 g/mol. The molecule has 1 atom stereocenters. The highest BCUT2D eigenvalue weighted by Crippen LogP contribution is 2.29. The van der Waals surface area contributed by atoms with Crippen LogP contribution in [-0.4, -0.2) is 39.3 Å². The molecule has 0 N–H and O–H groups in total. The lowest BCUT2D eigenvalue weighted by Crippen LogP contribution is -2.23. The van der Waals surface area contributed by atoms with Crippen molar-refractivity contribution in [2.24, 2.45) is 5.92 Å². The van der Waals surface area contributed by atoms with Gasteiger partial charge in [-0.15, -0.1) is 5.10 Å². The molecule has 4 rings (SSSR count). The second-order valence-corrected chi connectivity index (χ2v) is 8.81. The highest BCUT2D eigenvalue weighted by Gasteiger charge is 2.26.